The molecule has 9 heteroatoms. The predicted octanol–water partition coefficient (Wildman–Crippen LogP) is 1.09. The summed E-state index contributed by atoms with van der Waals surface area (Å²) in [5.41, 5.74) is -1.90. The summed E-state index contributed by atoms with van der Waals surface area (Å²) in [5, 5.41) is 22.6. The Morgan fingerprint density at radius 1 is 1.03 bits per heavy atom. The van der Waals surface area contributed by atoms with Crippen molar-refractivity contribution in [2.75, 3.05) is 13.1 Å². The van der Waals surface area contributed by atoms with Crippen molar-refractivity contribution in [3.05, 3.63) is 0 Å². The van der Waals surface area contributed by atoms with Gasteiger partial charge in [-0.25, -0.2) is 4.79 Å². The van der Waals surface area contributed by atoms with Crippen molar-refractivity contribution in [1.82, 2.24) is 15.1 Å². The molecule has 3 amide bonds. The molecular formula is C20H31N3O6. The molecule has 1 saturated heterocycles. The molecule has 3 fully saturated rings. The van der Waals surface area contributed by atoms with Crippen LogP contribution >= 0.6 is 0 Å². The van der Waals surface area contributed by atoms with E-state index >= 15 is 0 Å². The molecule has 0 aromatic rings. The van der Waals surface area contributed by atoms with Gasteiger partial charge in [0.25, 0.3) is 0 Å². The fraction of sp³-hybridized carbons (Fsp3) is 0.800. The van der Waals surface area contributed by atoms with Gasteiger partial charge in [0.1, 0.15) is 6.29 Å². The van der Waals surface area contributed by atoms with E-state index in [2.05, 4.69) is 5.32 Å². The number of carboxylic acid groups (broad SMARTS) is 1. The van der Waals surface area contributed by atoms with E-state index in [1.807, 2.05) is 0 Å². The van der Waals surface area contributed by atoms with Crippen molar-refractivity contribution in [1.29, 1.82) is 0 Å². The Hall–Kier alpha value is -2.00. The molecular weight excluding hydrogens is 378 g/mol. The second kappa shape index (κ2) is 9.21. The number of urea groups is 1. The van der Waals surface area contributed by atoms with Crippen molar-refractivity contribution >= 4 is 24.2 Å². The first-order valence-corrected chi connectivity index (χ1v) is 10.6. The van der Waals surface area contributed by atoms with Gasteiger partial charge in [-0.2, -0.15) is 0 Å². The SMILES string of the molecule is O=CC1(CNCC(=O)O)C(=O)N(C2CCCCC2)C(=O)N(C2CCCCC2)C1O. The Morgan fingerprint density at radius 2 is 1.59 bits per heavy atom. The van der Waals surface area contributed by atoms with Crippen LogP contribution < -0.4 is 5.32 Å². The molecule has 2 aliphatic carbocycles. The number of hydrogen-bond donors (Lipinski definition) is 3. The predicted molar refractivity (Wildman–Crippen MR) is 103 cm³/mol. The van der Waals surface area contributed by atoms with Crippen LogP contribution in [0, 0.1) is 5.41 Å². The van der Waals surface area contributed by atoms with Crippen molar-refractivity contribution in [2.24, 2.45) is 5.41 Å². The molecule has 0 aromatic heterocycles. The van der Waals surface area contributed by atoms with Crippen LogP contribution in [0.15, 0.2) is 0 Å². The van der Waals surface area contributed by atoms with E-state index in [0.717, 1.165) is 38.5 Å². The van der Waals surface area contributed by atoms with E-state index in [9.17, 15) is 24.3 Å². The van der Waals surface area contributed by atoms with Gasteiger partial charge in [-0.15, -0.1) is 0 Å². The zero-order valence-corrected chi connectivity index (χ0v) is 16.7. The molecule has 0 aromatic carbocycles. The molecule has 9 nitrogen and oxygen atoms in total. The van der Waals surface area contributed by atoms with Gasteiger partial charge in [-0.1, -0.05) is 38.5 Å². The van der Waals surface area contributed by atoms with Crippen LogP contribution in [0.4, 0.5) is 4.79 Å². The highest BCUT2D eigenvalue weighted by Crippen LogP contribution is 2.38. The first-order valence-electron chi connectivity index (χ1n) is 10.6. The number of aliphatic hydroxyl groups excluding tert-OH is 1. The zero-order valence-electron chi connectivity index (χ0n) is 16.7. The molecule has 2 atom stereocenters. The van der Waals surface area contributed by atoms with Gasteiger partial charge < -0.3 is 20.3 Å². The number of aliphatic carboxylic acids is 1. The Bertz CT molecular complexity index is 644. The second-order valence-corrected chi connectivity index (χ2v) is 8.48. The van der Waals surface area contributed by atoms with Crippen LogP contribution in [0.2, 0.25) is 0 Å². The van der Waals surface area contributed by atoms with E-state index in [1.54, 1.807) is 0 Å². The lowest BCUT2D eigenvalue weighted by molar-refractivity contribution is -0.174. The largest absolute Gasteiger partial charge is 0.480 e. The van der Waals surface area contributed by atoms with Gasteiger partial charge in [0.15, 0.2) is 11.6 Å². The van der Waals surface area contributed by atoms with Crippen molar-refractivity contribution < 1.29 is 29.4 Å². The molecule has 2 saturated carbocycles. The Kier molecular flexibility index (Phi) is 6.89. The number of hydrogen-bond acceptors (Lipinski definition) is 6. The maximum absolute atomic E-state index is 13.4. The summed E-state index contributed by atoms with van der Waals surface area (Å²) in [6, 6.07) is -1.04. The van der Waals surface area contributed by atoms with E-state index in [4.69, 9.17) is 5.11 Å². The normalized spacial score (nSPS) is 29.9. The fourth-order valence-corrected chi connectivity index (χ4v) is 4.97. The lowest BCUT2D eigenvalue weighted by Crippen LogP contribution is -2.73. The van der Waals surface area contributed by atoms with E-state index in [-0.39, 0.29) is 18.6 Å². The van der Waals surface area contributed by atoms with E-state index < -0.39 is 36.1 Å². The first-order chi connectivity index (χ1) is 13.9. The molecule has 1 aliphatic heterocycles. The minimum absolute atomic E-state index is 0.232. The van der Waals surface area contributed by atoms with Crippen molar-refractivity contribution in [3.63, 3.8) is 0 Å². The number of nitrogens with zero attached hydrogens (tertiary/aromatic N) is 2. The number of nitrogens with one attached hydrogen (secondary N) is 1. The van der Waals surface area contributed by atoms with Crippen LogP contribution in [0.25, 0.3) is 0 Å². The van der Waals surface area contributed by atoms with Gasteiger partial charge in [-0.05, 0) is 25.7 Å². The summed E-state index contributed by atoms with van der Waals surface area (Å²) in [4.78, 5) is 52.4. The standard InChI is InChI=1S/C20H31N3O6/c24-13-20(12-21-11-16(25)26)17(27)22(14-7-3-1-4-8-14)19(29)23(18(20)28)15-9-5-2-6-10-15/h13-15,17,21,27H,1-12H2,(H,25,26). The van der Waals surface area contributed by atoms with Gasteiger partial charge in [0, 0.05) is 18.6 Å². The summed E-state index contributed by atoms with van der Waals surface area (Å²) >= 11 is 0. The molecule has 0 bridgehead atoms. The summed E-state index contributed by atoms with van der Waals surface area (Å²) in [6.45, 7) is -0.779. The minimum Gasteiger partial charge on any atom is -0.480 e. The minimum atomic E-state index is -1.90. The van der Waals surface area contributed by atoms with E-state index in [1.165, 1.54) is 9.80 Å². The lowest BCUT2D eigenvalue weighted by Gasteiger charge is -2.52. The Morgan fingerprint density at radius 3 is 2.10 bits per heavy atom. The Balaban J connectivity index is 1.95. The van der Waals surface area contributed by atoms with Crippen LogP contribution in [0.3, 0.4) is 0 Å². The number of carboxylic acids is 1. The number of carbonyl (C=O) groups excluding carboxylic acids is 3. The third-order valence-corrected chi connectivity index (χ3v) is 6.58. The van der Waals surface area contributed by atoms with Gasteiger partial charge in [0.2, 0.25) is 5.91 Å². The molecule has 3 rings (SSSR count). The number of carbonyl (C=O) groups is 4. The monoisotopic (exact) mass is 409 g/mol. The third-order valence-electron chi connectivity index (χ3n) is 6.58. The highest BCUT2D eigenvalue weighted by atomic mass is 16.4. The smallest absolute Gasteiger partial charge is 0.329 e. The maximum atomic E-state index is 13.4. The summed E-state index contributed by atoms with van der Waals surface area (Å²) in [5.74, 6) is -1.85. The molecule has 29 heavy (non-hydrogen) atoms. The summed E-state index contributed by atoms with van der Waals surface area (Å²) in [6.07, 6.45) is 7.33. The van der Waals surface area contributed by atoms with Gasteiger partial charge in [-0.3, -0.25) is 19.4 Å². The van der Waals surface area contributed by atoms with Crippen LogP contribution in [0.1, 0.15) is 64.2 Å². The van der Waals surface area contributed by atoms with Crippen molar-refractivity contribution in [3.8, 4) is 0 Å². The topological polar surface area (TPSA) is 127 Å². The summed E-state index contributed by atoms with van der Waals surface area (Å²) < 4.78 is 0. The molecule has 162 valence electrons. The number of aldehydes is 1. The molecule has 0 spiro atoms. The number of imide groups is 1. The summed E-state index contributed by atoms with van der Waals surface area (Å²) in [7, 11) is 0. The van der Waals surface area contributed by atoms with Gasteiger partial charge >= 0.3 is 12.0 Å². The number of amides is 3. The zero-order chi connectivity index (χ0) is 21.0. The second-order valence-electron chi connectivity index (χ2n) is 8.48. The number of aliphatic hydroxyl groups is 1. The molecule has 0 radical (unpaired) electrons. The quantitative estimate of drug-likeness (QED) is 0.424. The molecule has 3 aliphatic rings. The van der Waals surface area contributed by atoms with E-state index in [0.29, 0.717) is 32.0 Å². The van der Waals surface area contributed by atoms with Crippen LogP contribution in [0.5, 0.6) is 0 Å². The average molecular weight is 409 g/mol. The fourth-order valence-electron chi connectivity index (χ4n) is 4.97. The average Bonchev–Trinajstić information content (AvgIpc) is 2.72. The first kappa shape index (κ1) is 21.7. The van der Waals surface area contributed by atoms with Gasteiger partial charge in [0.05, 0.1) is 6.54 Å². The van der Waals surface area contributed by atoms with Crippen LogP contribution in [-0.4, -0.2) is 75.6 Å². The highest BCUT2D eigenvalue weighted by Gasteiger charge is 2.59. The molecule has 3 N–H and O–H groups in total. The van der Waals surface area contributed by atoms with Crippen molar-refractivity contribution in [2.45, 2.75) is 82.5 Å². The Labute approximate surface area is 170 Å². The number of rotatable bonds is 7. The van der Waals surface area contributed by atoms with Crippen LogP contribution in [-0.2, 0) is 14.4 Å². The highest BCUT2D eigenvalue weighted by molar-refractivity contribution is 6.08. The lowest BCUT2D eigenvalue weighted by atomic mass is 9.79. The third kappa shape index (κ3) is 4.16. The molecule has 1 heterocycles. The maximum Gasteiger partial charge on any atom is 0.329 e. The molecule has 2 unspecified atom stereocenters.